The lowest BCUT2D eigenvalue weighted by molar-refractivity contribution is -0.139. The van der Waals surface area contributed by atoms with Gasteiger partial charge in [0.1, 0.15) is 6.04 Å². The Hall–Kier alpha value is -0.640. The molecule has 136 valence electrons. The summed E-state index contributed by atoms with van der Waals surface area (Å²) in [4.78, 5) is 11.9. The molecule has 0 aromatic rings. The number of carboxylic acid groups (broad SMARTS) is 1. The van der Waals surface area contributed by atoms with E-state index < -0.39 is 12.0 Å². The summed E-state index contributed by atoms with van der Waals surface area (Å²) < 4.78 is 0. The minimum atomic E-state index is -0.802. The van der Waals surface area contributed by atoms with E-state index in [1.54, 1.807) is 0 Å². The summed E-state index contributed by atoms with van der Waals surface area (Å²) >= 11 is 5.29. The molecule has 2 N–H and O–H groups in total. The van der Waals surface area contributed by atoms with E-state index in [1.165, 1.54) is 57.8 Å². The molecule has 0 aromatic heterocycles. The molecule has 4 heteroatoms. The van der Waals surface area contributed by atoms with Gasteiger partial charge in [0, 0.05) is 0 Å². The normalized spacial score (nSPS) is 12.3. The fourth-order valence-corrected chi connectivity index (χ4v) is 3.02. The monoisotopic (exact) mass is 343 g/mol. The predicted molar refractivity (Wildman–Crippen MR) is 103 cm³/mol. The highest BCUT2D eigenvalue weighted by molar-refractivity contribution is 7.80. The van der Waals surface area contributed by atoms with Crippen molar-refractivity contribution in [1.29, 1.82) is 0 Å². The average molecular weight is 344 g/mol. The number of aliphatic carboxylic acids is 1. The third kappa shape index (κ3) is 14.7. The van der Waals surface area contributed by atoms with Crippen LogP contribution >= 0.6 is 12.2 Å². The molecular weight excluding hydrogens is 306 g/mol. The van der Waals surface area contributed by atoms with Crippen LogP contribution in [0.1, 0.15) is 97.8 Å². The van der Waals surface area contributed by atoms with Gasteiger partial charge in [-0.3, -0.25) is 0 Å². The molecule has 0 heterocycles. The topological polar surface area (TPSA) is 49.3 Å². The second-order valence-electron chi connectivity index (χ2n) is 7.02. The lowest BCUT2D eigenvalue weighted by Gasteiger charge is -2.18. The van der Waals surface area contributed by atoms with Crippen LogP contribution in [0.5, 0.6) is 0 Å². The Morgan fingerprint density at radius 2 is 1.43 bits per heavy atom. The van der Waals surface area contributed by atoms with E-state index in [9.17, 15) is 9.90 Å². The number of unbranched alkanes of at least 4 members (excludes halogenated alkanes) is 9. The van der Waals surface area contributed by atoms with Crippen LogP contribution in [0, 0.1) is 5.92 Å². The zero-order chi connectivity index (χ0) is 17.5. The first-order valence-electron chi connectivity index (χ1n) is 9.49. The van der Waals surface area contributed by atoms with Crippen molar-refractivity contribution < 1.29 is 9.90 Å². The summed E-state index contributed by atoms with van der Waals surface area (Å²) in [6.45, 7) is 6.31. The second-order valence-corrected chi connectivity index (χ2v) is 7.51. The first kappa shape index (κ1) is 22.4. The molecule has 0 spiro atoms. The SMILES string of the molecule is CCCCCCCCCCCCC(=S)N[C@@H](CC(C)C)C(=O)O. The van der Waals surface area contributed by atoms with Gasteiger partial charge in [0.15, 0.2) is 0 Å². The lowest BCUT2D eigenvalue weighted by Crippen LogP contribution is -2.40. The molecule has 0 aliphatic rings. The number of hydrogen-bond acceptors (Lipinski definition) is 2. The Morgan fingerprint density at radius 3 is 1.87 bits per heavy atom. The zero-order valence-electron chi connectivity index (χ0n) is 15.4. The van der Waals surface area contributed by atoms with E-state index in [0.717, 1.165) is 12.8 Å². The molecule has 23 heavy (non-hydrogen) atoms. The van der Waals surface area contributed by atoms with Gasteiger partial charge in [-0.05, 0) is 25.2 Å². The number of hydrogen-bond donors (Lipinski definition) is 2. The number of thiocarbonyl (C=S) groups is 1. The Kier molecular flexibility index (Phi) is 14.5. The largest absolute Gasteiger partial charge is 0.480 e. The summed E-state index contributed by atoms with van der Waals surface area (Å²) in [7, 11) is 0. The van der Waals surface area contributed by atoms with Crippen LogP contribution in [0.15, 0.2) is 0 Å². The molecule has 0 unspecified atom stereocenters. The summed E-state index contributed by atoms with van der Waals surface area (Å²) in [5.41, 5.74) is 0. The number of carbonyl (C=O) groups is 1. The van der Waals surface area contributed by atoms with Crippen LogP contribution in [0.3, 0.4) is 0 Å². The van der Waals surface area contributed by atoms with Crippen molar-refractivity contribution in [3.8, 4) is 0 Å². The van der Waals surface area contributed by atoms with Gasteiger partial charge in [0.2, 0.25) is 0 Å². The van der Waals surface area contributed by atoms with Crippen molar-refractivity contribution >= 4 is 23.2 Å². The highest BCUT2D eigenvalue weighted by Gasteiger charge is 2.19. The van der Waals surface area contributed by atoms with Crippen molar-refractivity contribution in [1.82, 2.24) is 5.32 Å². The first-order chi connectivity index (χ1) is 11.0. The molecule has 0 saturated carbocycles. The highest BCUT2D eigenvalue weighted by Crippen LogP contribution is 2.12. The standard InChI is InChI=1S/C19H37NO2S/c1-4-5-6-7-8-9-10-11-12-13-14-18(23)20-17(19(21)22)15-16(2)3/h16-17H,4-15H2,1-3H3,(H,20,23)(H,21,22)/t17-/m0/s1. The van der Waals surface area contributed by atoms with Crippen LogP contribution in [0.25, 0.3) is 0 Å². The first-order valence-corrected chi connectivity index (χ1v) is 9.90. The van der Waals surface area contributed by atoms with Gasteiger partial charge >= 0.3 is 5.97 Å². The molecule has 0 aliphatic carbocycles. The molecule has 0 rings (SSSR count). The van der Waals surface area contributed by atoms with Crippen molar-refractivity contribution in [2.24, 2.45) is 5.92 Å². The van der Waals surface area contributed by atoms with Gasteiger partial charge in [0.05, 0.1) is 4.99 Å². The molecule has 0 saturated heterocycles. The molecule has 0 aromatic carbocycles. The van der Waals surface area contributed by atoms with Crippen LogP contribution in [0.2, 0.25) is 0 Å². The van der Waals surface area contributed by atoms with Crippen molar-refractivity contribution in [3.63, 3.8) is 0 Å². The Bertz CT molecular complexity index is 318. The van der Waals surface area contributed by atoms with Crippen molar-refractivity contribution in [2.75, 3.05) is 0 Å². The number of carboxylic acids is 1. The lowest BCUT2D eigenvalue weighted by atomic mass is 10.0. The third-order valence-electron chi connectivity index (χ3n) is 4.10. The molecule has 0 amide bonds. The molecule has 0 fully saturated rings. The Balaban J connectivity index is 3.57. The van der Waals surface area contributed by atoms with Crippen LogP contribution in [0.4, 0.5) is 0 Å². The van der Waals surface area contributed by atoms with Gasteiger partial charge < -0.3 is 10.4 Å². The van der Waals surface area contributed by atoms with Gasteiger partial charge in [-0.25, -0.2) is 4.79 Å². The quantitative estimate of drug-likeness (QED) is 0.295. The Labute approximate surface area is 148 Å². The molecule has 3 nitrogen and oxygen atoms in total. The third-order valence-corrected chi connectivity index (χ3v) is 4.42. The van der Waals surface area contributed by atoms with Crippen molar-refractivity contribution in [2.45, 2.75) is 104 Å². The van der Waals surface area contributed by atoms with Gasteiger partial charge in [-0.2, -0.15) is 0 Å². The van der Waals surface area contributed by atoms with E-state index >= 15 is 0 Å². The zero-order valence-corrected chi connectivity index (χ0v) is 16.2. The van der Waals surface area contributed by atoms with E-state index in [1.807, 2.05) is 13.8 Å². The van der Waals surface area contributed by atoms with Gasteiger partial charge in [0.25, 0.3) is 0 Å². The maximum Gasteiger partial charge on any atom is 0.326 e. The van der Waals surface area contributed by atoms with Crippen LogP contribution < -0.4 is 5.32 Å². The molecule has 0 aliphatic heterocycles. The highest BCUT2D eigenvalue weighted by atomic mass is 32.1. The summed E-state index contributed by atoms with van der Waals surface area (Å²) in [6, 6.07) is -0.536. The van der Waals surface area contributed by atoms with Gasteiger partial charge in [-0.1, -0.05) is 90.8 Å². The van der Waals surface area contributed by atoms with E-state index in [2.05, 4.69) is 12.2 Å². The molecule has 0 radical (unpaired) electrons. The minimum absolute atomic E-state index is 0.351. The minimum Gasteiger partial charge on any atom is -0.480 e. The maximum absolute atomic E-state index is 11.2. The van der Waals surface area contributed by atoms with E-state index in [0.29, 0.717) is 17.3 Å². The summed E-state index contributed by atoms with van der Waals surface area (Å²) in [5, 5.41) is 12.2. The van der Waals surface area contributed by atoms with E-state index in [4.69, 9.17) is 12.2 Å². The number of rotatable bonds is 15. The summed E-state index contributed by atoms with van der Waals surface area (Å²) in [5.74, 6) is -0.451. The van der Waals surface area contributed by atoms with Crippen LogP contribution in [-0.4, -0.2) is 22.1 Å². The second kappa shape index (κ2) is 14.9. The van der Waals surface area contributed by atoms with Crippen molar-refractivity contribution in [3.05, 3.63) is 0 Å². The average Bonchev–Trinajstić information content (AvgIpc) is 2.48. The fourth-order valence-electron chi connectivity index (χ4n) is 2.73. The van der Waals surface area contributed by atoms with Crippen LogP contribution in [-0.2, 0) is 4.79 Å². The van der Waals surface area contributed by atoms with E-state index in [-0.39, 0.29) is 0 Å². The number of nitrogens with one attached hydrogen (secondary N) is 1. The molecule has 1 atom stereocenters. The predicted octanol–water partition coefficient (Wildman–Crippen LogP) is 5.71. The molecule has 0 bridgehead atoms. The van der Waals surface area contributed by atoms with Gasteiger partial charge in [-0.15, -0.1) is 0 Å². The Morgan fingerprint density at radius 1 is 0.957 bits per heavy atom. The fraction of sp³-hybridized carbons (Fsp3) is 0.895. The maximum atomic E-state index is 11.2. The summed E-state index contributed by atoms with van der Waals surface area (Å²) in [6.07, 6.45) is 14.5. The smallest absolute Gasteiger partial charge is 0.326 e. The molecular formula is C19H37NO2S.